The number of ether oxygens (including phenoxy) is 2. The lowest BCUT2D eigenvalue weighted by molar-refractivity contribution is 0.102. The average Bonchev–Trinajstić information content (AvgIpc) is 2.61. The molecule has 0 radical (unpaired) electrons. The number of carbonyl (C=O) groups excluding carboxylic acids is 1. The van der Waals surface area contributed by atoms with E-state index in [1.54, 1.807) is 25.1 Å². The Hall–Kier alpha value is -2.58. The standard InChI is InChI=1S/C18H24ClN5O3/c1-11-21-14(10-17(22-11)20-6-7-24(2)3)18(25)23-13-9-15(26-4)12(19)8-16(13)27-5/h8-10H,6-7H2,1-5H3,(H,23,25)(H,20,21,22). The van der Waals surface area contributed by atoms with Crippen LogP contribution < -0.4 is 20.1 Å². The first-order chi connectivity index (χ1) is 12.8. The molecule has 2 N–H and O–H groups in total. The topological polar surface area (TPSA) is 88.6 Å². The number of anilines is 2. The summed E-state index contributed by atoms with van der Waals surface area (Å²) >= 11 is 6.10. The number of aromatic nitrogens is 2. The average molecular weight is 394 g/mol. The lowest BCUT2D eigenvalue weighted by atomic mass is 10.2. The molecular formula is C18H24ClN5O3. The van der Waals surface area contributed by atoms with Gasteiger partial charge in [-0.1, -0.05) is 11.6 Å². The second kappa shape index (κ2) is 9.38. The van der Waals surface area contributed by atoms with E-state index in [-0.39, 0.29) is 11.6 Å². The van der Waals surface area contributed by atoms with Crippen LogP contribution in [0.2, 0.25) is 5.02 Å². The van der Waals surface area contributed by atoms with Crippen molar-refractivity contribution >= 4 is 29.0 Å². The highest BCUT2D eigenvalue weighted by Gasteiger charge is 2.16. The van der Waals surface area contributed by atoms with E-state index in [0.717, 1.165) is 6.54 Å². The molecule has 0 bridgehead atoms. The fourth-order valence-electron chi connectivity index (χ4n) is 2.33. The van der Waals surface area contributed by atoms with Crippen LogP contribution in [0, 0.1) is 6.92 Å². The van der Waals surface area contributed by atoms with Crippen LogP contribution in [0.3, 0.4) is 0 Å². The van der Waals surface area contributed by atoms with Crippen molar-refractivity contribution in [3.05, 3.63) is 34.7 Å². The van der Waals surface area contributed by atoms with Gasteiger partial charge in [-0.2, -0.15) is 0 Å². The van der Waals surface area contributed by atoms with E-state index >= 15 is 0 Å². The third-order valence-corrected chi connectivity index (χ3v) is 3.95. The summed E-state index contributed by atoms with van der Waals surface area (Å²) in [6.45, 7) is 3.28. The van der Waals surface area contributed by atoms with Gasteiger partial charge in [-0.25, -0.2) is 9.97 Å². The maximum atomic E-state index is 12.7. The number of hydrogen-bond donors (Lipinski definition) is 2. The Labute approximate surface area is 163 Å². The molecule has 8 nitrogen and oxygen atoms in total. The van der Waals surface area contributed by atoms with Gasteiger partial charge in [-0.15, -0.1) is 0 Å². The van der Waals surface area contributed by atoms with Crippen LogP contribution >= 0.6 is 11.6 Å². The summed E-state index contributed by atoms with van der Waals surface area (Å²) in [4.78, 5) is 23.3. The Morgan fingerprint density at radius 1 is 1.15 bits per heavy atom. The number of benzene rings is 1. The molecule has 1 heterocycles. The highest BCUT2D eigenvalue weighted by molar-refractivity contribution is 6.32. The maximum Gasteiger partial charge on any atom is 0.274 e. The summed E-state index contributed by atoms with van der Waals surface area (Å²) < 4.78 is 10.5. The summed E-state index contributed by atoms with van der Waals surface area (Å²) in [7, 11) is 6.97. The summed E-state index contributed by atoms with van der Waals surface area (Å²) in [5.41, 5.74) is 0.674. The number of likely N-dealkylation sites (N-methyl/N-ethyl adjacent to an activating group) is 1. The summed E-state index contributed by atoms with van der Waals surface area (Å²) in [5, 5.41) is 6.36. The minimum atomic E-state index is -0.390. The van der Waals surface area contributed by atoms with E-state index in [9.17, 15) is 4.79 Å². The number of nitrogens with one attached hydrogen (secondary N) is 2. The molecule has 0 spiro atoms. The number of nitrogens with zero attached hydrogens (tertiary/aromatic N) is 3. The lowest BCUT2D eigenvalue weighted by Crippen LogP contribution is -2.22. The van der Waals surface area contributed by atoms with E-state index in [4.69, 9.17) is 21.1 Å². The van der Waals surface area contributed by atoms with Gasteiger partial charge < -0.3 is 25.0 Å². The quantitative estimate of drug-likeness (QED) is 0.712. The maximum absolute atomic E-state index is 12.7. The van der Waals surface area contributed by atoms with E-state index in [0.29, 0.717) is 40.4 Å². The SMILES string of the molecule is COc1cc(NC(=O)c2cc(NCCN(C)C)nc(C)n2)c(OC)cc1Cl. The van der Waals surface area contributed by atoms with Crippen molar-refractivity contribution in [2.45, 2.75) is 6.92 Å². The van der Waals surface area contributed by atoms with Gasteiger partial charge in [0.2, 0.25) is 0 Å². The molecule has 2 aromatic rings. The number of rotatable bonds is 8. The normalized spacial score (nSPS) is 10.6. The summed E-state index contributed by atoms with van der Waals surface area (Å²) in [5.74, 6) is 1.55. The molecule has 1 amide bonds. The molecule has 1 aromatic carbocycles. The smallest absolute Gasteiger partial charge is 0.274 e. The molecule has 146 valence electrons. The first-order valence-electron chi connectivity index (χ1n) is 8.31. The van der Waals surface area contributed by atoms with Crippen molar-refractivity contribution in [2.24, 2.45) is 0 Å². The van der Waals surface area contributed by atoms with Gasteiger partial charge in [-0.05, 0) is 21.0 Å². The molecule has 0 fully saturated rings. The molecular weight excluding hydrogens is 370 g/mol. The minimum absolute atomic E-state index is 0.242. The van der Waals surface area contributed by atoms with Crippen molar-refractivity contribution in [1.29, 1.82) is 0 Å². The Morgan fingerprint density at radius 3 is 2.48 bits per heavy atom. The van der Waals surface area contributed by atoms with Gasteiger partial charge in [0.25, 0.3) is 5.91 Å². The fourth-order valence-corrected chi connectivity index (χ4v) is 2.56. The van der Waals surface area contributed by atoms with E-state index in [2.05, 4.69) is 25.5 Å². The minimum Gasteiger partial charge on any atom is -0.495 e. The molecule has 0 atom stereocenters. The van der Waals surface area contributed by atoms with Crippen molar-refractivity contribution in [3.8, 4) is 11.5 Å². The van der Waals surface area contributed by atoms with Gasteiger partial charge in [0.1, 0.15) is 28.8 Å². The Kier molecular flexibility index (Phi) is 7.20. The second-order valence-corrected chi connectivity index (χ2v) is 6.46. The Morgan fingerprint density at radius 2 is 1.85 bits per heavy atom. The van der Waals surface area contributed by atoms with Crippen LogP contribution in [0.1, 0.15) is 16.3 Å². The monoisotopic (exact) mass is 393 g/mol. The van der Waals surface area contributed by atoms with Crippen LogP contribution in [-0.4, -0.2) is 62.2 Å². The number of amides is 1. The van der Waals surface area contributed by atoms with Crippen LogP contribution in [0.4, 0.5) is 11.5 Å². The number of hydrogen-bond acceptors (Lipinski definition) is 7. The molecule has 0 aliphatic rings. The first kappa shape index (κ1) is 20.7. The summed E-state index contributed by atoms with van der Waals surface area (Å²) in [6.07, 6.45) is 0. The van der Waals surface area contributed by atoms with E-state index in [1.165, 1.54) is 14.2 Å². The van der Waals surface area contributed by atoms with Crippen molar-refractivity contribution in [3.63, 3.8) is 0 Å². The van der Waals surface area contributed by atoms with Crippen LogP contribution in [0.5, 0.6) is 11.5 Å². The van der Waals surface area contributed by atoms with E-state index in [1.807, 2.05) is 14.1 Å². The van der Waals surface area contributed by atoms with Crippen LogP contribution in [0.15, 0.2) is 18.2 Å². The Bertz CT molecular complexity index is 814. The number of methoxy groups -OCH3 is 2. The highest BCUT2D eigenvalue weighted by atomic mass is 35.5. The number of aryl methyl sites for hydroxylation is 1. The van der Waals surface area contributed by atoms with Gasteiger partial charge in [0.15, 0.2) is 0 Å². The lowest BCUT2D eigenvalue weighted by Gasteiger charge is -2.14. The summed E-state index contributed by atoms with van der Waals surface area (Å²) in [6, 6.07) is 4.79. The zero-order valence-corrected chi connectivity index (χ0v) is 16.8. The zero-order valence-electron chi connectivity index (χ0n) is 16.1. The third kappa shape index (κ3) is 5.70. The van der Waals surface area contributed by atoms with Gasteiger partial charge in [0, 0.05) is 31.3 Å². The van der Waals surface area contributed by atoms with Crippen molar-refractivity contribution < 1.29 is 14.3 Å². The van der Waals surface area contributed by atoms with Gasteiger partial charge in [0.05, 0.1) is 24.9 Å². The molecule has 0 saturated carbocycles. The fraction of sp³-hybridized carbons (Fsp3) is 0.389. The molecule has 0 aliphatic carbocycles. The second-order valence-electron chi connectivity index (χ2n) is 6.06. The molecule has 2 rings (SSSR count). The predicted molar refractivity (Wildman–Crippen MR) is 106 cm³/mol. The van der Waals surface area contributed by atoms with E-state index < -0.39 is 0 Å². The molecule has 1 aromatic heterocycles. The number of carbonyl (C=O) groups is 1. The highest BCUT2D eigenvalue weighted by Crippen LogP contribution is 2.36. The molecule has 0 aliphatic heterocycles. The number of halogens is 1. The third-order valence-electron chi connectivity index (χ3n) is 3.66. The molecule has 0 saturated heterocycles. The molecule has 0 unspecified atom stereocenters. The Balaban J connectivity index is 2.22. The zero-order chi connectivity index (χ0) is 20.0. The largest absolute Gasteiger partial charge is 0.495 e. The van der Waals surface area contributed by atoms with Gasteiger partial charge in [-0.3, -0.25) is 4.79 Å². The van der Waals surface area contributed by atoms with Crippen LogP contribution in [0.25, 0.3) is 0 Å². The van der Waals surface area contributed by atoms with Gasteiger partial charge >= 0.3 is 0 Å². The molecule has 9 heteroatoms. The first-order valence-corrected chi connectivity index (χ1v) is 8.69. The van der Waals surface area contributed by atoms with Crippen molar-refractivity contribution in [2.75, 3.05) is 52.0 Å². The van der Waals surface area contributed by atoms with Crippen molar-refractivity contribution in [1.82, 2.24) is 14.9 Å². The predicted octanol–water partition coefficient (Wildman–Crippen LogP) is 2.68. The van der Waals surface area contributed by atoms with Crippen LogP contribution in [-0.2, 0) is 0 Å². The molecule has 27 heavy (non-hydrogen) atoms.